The fourth-order valence-corrected chi connectivity index (χ4v) is 2.57. The predicted octanol–water partition coefficient (Wildman–Crippen LogP) is 4.52. The predicted molar refractivity (Wildman–Crippen MR) is 105 cm³/mol. The summed E-state index contributed by atoms with van der Waals surface area (Å²) in [6.45, 7) is 0. The second-order valence-electron chi connectivity index (χ2n) is 5.53. The number of hydrogen-bond acceptors (Lipinski definition) is 5. The Labute approximate surface area is 161 Å². The molecule has 6 nitrogen and oxygen atoms in total. The number of nitrogens with one attached hydrogen (secondary N) is 2. The molecule has 0 aliphatic rings. The smallest absolute Gasteiger partial charge is 0.339 e. The van der Waals surface area contributed by atoms with E-state index in [9.17, 15) is 9.59 Å². The Bertz CT molecular complexity index is 974. The normalized spacial score (nSPS) is 10.1. The van der Waals surface area contributed by atoms with E-state index in [2.05, 4.69) is 15.6 Å². The summed E-state index contributed by atoms with van der Waals surface area (Å²) in [4.78, 5) is 28.4. The van der Waals surface area contributed by atoms with Gasteiger partial charge in [-0.1, -0.05) is 35.9 Å². The number of halogens is 1. The quantitative estimate of drug-likeness (QED) is 0.635. The molecule has 0 saturated heterocycles. The number of para-hydroxylation sites is 2. The van der Waals surface area contributed by atoms with Crippen LogP contribution in [0.4, 0.5) is 17.1 Å². The number of pyridine rings is 1. The summed E-state index contributed by atoms with van der Waals surface area (Å²) in [6.07, 6.45) is 1.53. The van der Waals surface area contributed by atoms with E-state index >= 15 is 0 Å². The number of hydrogen-bond donors (Lipinski definition) is 2. The van der Waals surface area contributed by atoms with Crippen molar-refractivity contribution in [2.45, 2.75) is 0 Å². The maximum absolute atomic E-state index is 12.4. The summed E-state index contributed by atoms with van der Waals surface area (Å²) in [5.41, 5.74) is 2.26. The molecule has 7 heteroatoms. The second kappa shape index (κ2) is 8.33. The van der Waals surface area contributed by atoms with E-state index in [1.165, 1.54) is 13.3 Å². The third-order valence-electron chi connectivity index (χ3n) is 3.73. The van der Waals surface area contributed by atoms with Crippen LogP contribution in [0.2, 0.25) is 5.02 Å². The lowest BCUT2D eigenvalue weighted by Crippen LogP contribution is -2.16. The standard InChI is InChI=1S/C20H16ClN3O3/c1-27-20(26)14-6-2-4-8-16(14)24-19(25)18-11-10-13(12-22-18)23-17-9-5-3-7-15(17)21/h2-12,23H,1H3,(H,24,25). The van der Waals surface area contributed by atoms with Crippen LogP contribution in [-0.4, -0.2) is 24.0 Å². The van der Waals surface area contributed by atoms with Gasteiger partial charge in [0.2, 0.25) is 0 Å². The fourth-order valence-electron chi connectivity index (χ4n) is 2.39. The Kier molecular flexibility index (Phi) is 5.68. The van der Waals surface area contributed by atoms with Crippen LogP contribution in [0, 0.1) is 0 Å². The van der Waals surface area contributed by atoms with Crippen LogP contribution in [-0.2, 0) is 4.74 Å². The van der Waals surface area contributed by atoms with Crippen molar-refractivity contribution < 1.29 is 14.3 Å². The summed E-state index contributed by atoms with van der Waals surface area (Å²) < 4.78 is 4.72. The number of methoxy groups -OCH3 is 1. The number of amides is 1. The maximum Gasteiger partial charge on any atom is 0.339 e. The van der Waals surface area contributed by atoms with Gasteiger partial charge in [-0.05, 0) is 36.4 Å². The lowest BCUT2D eigenvalue weighted by atomic mass is 10.1. The molecule has 0 aliphatic carbocycles. The lowest BCUT2D eigenvalue weighted by Gasteiger charge is -2.10. The Balaban J connectivity index is 1.73. The number of ether oxygens (including phenoxy) is 1. The molecule has 3 rings (SSSR count). The molecule has 1 heterocycles. The minimum atomic E-state index is -0.529. The molecular weight excluding hydrogens is 366 g/mol. The molecule has 0 saturated carbocycles. The van der Waals surface area contributed by atoms with Crippen LogP contribution in [0.15, 0.2) is 66.9 Å². The number of carbonyl (C=O) groups excluding carboxylic acids is 2. The van der Waals surface area contributed by atoms with Gasteiger partial charge in [0.1, 0.15) is 5.69 Å². The Morgan fingerprint density at radius 3 is 2.33 bits per heavy atom. The van der Waals surface area contributed by atoms with Crippen LogP contribution in [0.25, 0.3) is 0 Å². The summed E-state index contributed by atoms with van der Waals surface area (Å²) in [7, 11) is 1.28. The summed E-state index contributed by atoms with van der Waals surface area (Å²) in [5, 5.41) is 6.39. The summed E-state index contributed by atoms with van der Waals surface area (Å²) in [5.74, 6) is -0.964. The molecule has 2 aromatic carbocycles. The number of aromatic nitrogens is 1. The van der Waals surface area contributed by atoms with Crippen LogP contribution in [0.1, 0.15) is 20.8 Å². The number of esters is 1. The highest BCUT2D eigenvalue weighted by Crippen LogP contribution is 2.24. The zero-order valence-electron chi connectivity index (χ0n) is 14.4. The minimum Gasteiger partial charge on any atom is -0.465 e. The van der Waals surface area contributed by atoms with E-state index in [4.69, 9.17) is 16.3 Å². The monoisotopic (exact) mass is 381 g/mol. The van der Waals surface area contributed by atoms with Crippen molar-refractivity contribution in [3.63, 3.8) is 0 Å². The second-order valence-corrected chi connectivity index (χ2v) is 5.94. The van der Waals surface area contributed by atoms with Crippen LogP contribution < -0.4 is 10.6 Å². The van der Waals surface area contributed by atoms with E-state index in [0.717, 1.165) is 5.69 Å². The van der Waals surface area contributed by atoms with Gasteiger partial charge in [-0.2, -0.15) is 0 Å². The average molecular weight is 382 g/mol. The molecule has 0 atom stereocenters. The minimum absolute atomic E-state index is 0.208. The zero-order chi connectivity index (χ0) is 19.2. The number of anilines is 3. The van der Waals surface area contributed by atoms with Gasteiger partial charge in [0.15, 0.2) is 0 Å². The number of nitrogens with zero attached hydrogens (tertiary/aromatic N) is 1. The first-order valence-electron chi connectivity index (χ1n) is 8.05. The molecule has 0 radical (unpaired) electrons. The molecule has 0 aliphatic heterocycles. The molecule has 2 N–H and O–H groups in total. The van der Waals surface area contributed by atoms with E-state index in [-0.39, 0.29) is 11.3 Å². The highest BCUT2D eigenvalue weighted by molar-refractivity contribution is 6.33. The van der Waals surface area contributed by atoms with Crippen molar-refractivity contribution in [2.75, 3.05) is 17.7 Å². The first kappa shape index (κ1) is 18.4. The van der Waals surface area contributed by atoms with Crippen molar-refractivity contribution in [3.8, 4) is 0 Å². The van der Waals surface area contributed by atoms with Gasteiger partial charge in [-0.3, -0.25) is 4.79 Å². The largest absolute Gasteiger partial charge is 0.465 e. The molecule has 3 aromatic rings. The van der Waals surface area contributed by atoms with E-state index in [1.54, 1.807) is 42.5 Å². The average Bonchev–Trinajstić information content (AvgIpc) is 2.70. The molecule has 136 valence electrons. The van der Waals surface area contributed by atoms with Crippen molar-refractivity contribution in [3.05, 3.63) is 83.1 Å². The maximum atomic E-state index is 12.4. The van der Waals surface area contributed by atoms with Crippen molar-refractivity contribution >= 4 is 40.5 Å². The first-order valence-corrected chi connectivity index (χ1v) is 8.42. The van der Waals surface area contributed by atoms with Crippen LogP contribution in [0.3, 0.4) is 0 Å². The van der Waals surface area contributed by atoms with Gasteiger partial charge in [0.05, 0.1) is 41.0 Å². The molecule has 0 fully saturated rings. The molecule has 0 bridgehead atoms. The third kappa shape index (κ3) is 4.43. The van der Waals surface area contributed by atoms with Gasteiger partial charge in [0.25, 0.3) is 5.91 Å². The Morgan fingerprint density at radius 1 is 0.963 bits per heavy atom. The molecule has 1 aromatic heterocycles. The third-order valence-corrected chi connectivity index (χ3v) is 4.06. The SMILES string of the molecule is COC(=O)c1ccccc1NC(=O)c1ccc(Nc2ccccc2Cl)cn1. The van der Waals surface area contributed by atoms with Gasteiger partial charge in [0, 0.05) is 0 Å². The Morgan fingerprint density at radius 2 is 1.67 bits per heavy atom. The van der Waals surface area contributed by atoms with Crippen LogP contribution >= 0.6 is 11.6 Å². The van der Waals surface area contributed by atoms with Crippen molar-refractivity contribution in [1.29, 1.82) is 0 Å². The number of rotatable bonds is 5. The van der Waals surface area contributed by atoms with Gasteiger partial charge in [-0.15, -0.1) is 0 Å². The lowest BCUT2D eigenvalue weighted by molar-refractivity contribution is 0.0602. The number of benzene rings is 2. The number of carbonyl (C=O) groups is 2. The van der Waals surface area contributed by atoms with Crippen molar-refractivity contribution in [2.24, 2.45) is 0 Å². The van der Waals surface area contributed by atoms with E-state index in [1.807, 2.05) is 18.2 Å². The summed E-state index contributed by atoms with van der Waals surface area (Å²) in [6, 6.07) is 17.2. The van der Waals surface area contributed by atoms with E-state index < -0.39 is 11.9 Å². The highest BCUT2D eigenvalue weighted by atomic mass is 35.5. The van der Waals surface area contributed by atoms with E-state index in [0.29, 0.717) is 16.4 Å². The molecular formula is C20H16ClN3O3. The van der Waals surface area contributed by atoms with Gasteiger partial charge >= 0.3 is 5.97 Å². The summed E-state index contributed by atoms with van der Waals surface area (Å²) >= 11 is 6.11. The first-order chi connectivity index (χ1) is 13.1. The van der Waals surface area contributed by atoms with Gasteiger partial charge in [-0.25, -0.2) is 9.78 Å². The zero-order valence-corrected chi connectivity index (χ0v) is 15.2. The fraction of sp³-hybridized carbons (Fsp3) is 0.0500. The van der Waals surface area contributed by atoms with Gasteiger partial charge < -0.3 is 15.4 Å². The van der Waals surface area contributed by atoms with Crippen molar-refractivity contribution in [1.82, 2.24) is 4.98 Å². The highest BCUT2D eigenvalue weighted by Gasteiger charge is 2.15. The Hall–Kier alpha value is -3.38. The van der Waals surface area contributed by atoms with Crippen LogP contribution in [0.5, 0.6) is 0 Å². The topological polar surface area (TPSA) is 80.3 Å². The molecule has 27 heavy (non-hydrogen) atoms. The molecule has 0 unspecified atom stereocenters. The molecule has 0 spiro atoms. The molecule has 1 amide bonds.